The summed E-state index contributed by atoms with van der Waals surface area (Å²) in [7, 11) is 0. The lowest BCUT2D eigenvalue weighted by molar-refractivity contribution is -0.383. The van der Waals surface area contributed by atoms with Crippen LogP contribution in [0.4, 0.5) is 23.0 Å². The predicted octanol–water partition coefficient (Wildman–Crippen LogP) is 5.64. The summed E-state index contributed by atoms with van der Waals surface area (Å²) < 4.78 is 0. The van der Waals surface area contributed by atoms with Gasteiger partial charge in [-0.05, 0) is 30.2 Å². The molecule has 7 nitrogen and oxygen atoms in total. The first-order valence-corrected chi connectivity index (χ1v) is 9.81. The highest BCUT2D eigenvalue weighted by molar-refractivity contribution is 5.74. The first-order valence-electron chi connectivity index (χ1n) is 9.81. The Morgan fingerprint density at radius 3 is 1.90 bits per heavy atom. The maximum Gasteiger partial charge on any atom is 0.353 e. The highest BCUT2D eigenvalue weighted by Gasteiger charge is 2.26. The summed E-state index contributed by atoms with van der Waals surface area (Å²) in [5.41, 5.74) is 3.53. The lowest BCUT2D eigenvalue weighted by atomic mass is 9.99. The Bertz CT molecular complexity index is 1130. The Morgan fingerprint density at radius 2 is 1.35 bits per heavy atom. The lowest BCUT2D eigenvalue weighted by Crippen LogP contribution is -2.15. The molecule has 31 heavy (non-hydrogen) atoms. The topological polar surface area (TPSA) is 93.0 Å². The summed E-state index contributed by atoms with van der Waals surface area (Å²) in [5, 5.41) is 18.3. The van der Waals surface area contributed by atoms with Gasteiger partial charge in [-0.1, -0.05) is 78.4 Å². The Morgan fingerprint density at radius 1 is 0.806 bits per heavy atom. The molecule has 0 aliphatic rings. The minimum atomic E-state index is -0.466. The van der Waals surface area contributed by atoms with Gasteiger partial charge in [0.05, 0.1) is 11.0 Å². The van der Waals surface area contributed by atoms with Gasteiger partial charge in [0.2, 0.25) is 11.6 Å². The van der Waals surface area contributed by atoms with E-state index in [0.29, 0.717) is 5.69 Å². The third-order valence-corrected chi connectivity index (χ3v) is 4.87. The van der Waals surface area contributed by atoms with Crippen molar-refractivity contribution in [1.29, 1.82) is 0 Å². The van der Waals surface area contributed by atoms with E-state index in [9.17, 15) is 10.1 Å². The molecule has 0 bridgehead atoms. The van der Waals surface area contributed by atoms with Gasteiger partial charge in [-0.3, -0.25) is 10.1 Å². The fourth-order valence-corrected chi connectivity index (χ4v) is 3.31. The van der Waals surface area contributed by atoms with Gasteiger partial charge in [-0.15, -0.1) is 0 Å². The maximum atomic E-state index is 12.0. The molecular weight excluding hydrogens is 390 g/mol. The van der Waals surface area contributed by atoms with Crippen molar-refractivity contribution in [1.82, 2.24) is 9.97 Å². The highest BCUT2D eigenvalue weighted by Crippen LogP contribution is 2.35. The monoisotopic (exact) mass is 411 g/mol. The van der Waals surface area contributed by atoms with Crippen molar-refractivity contribution in [2.75, 3.05) is 10.6 Å². The molecule has 4 rings (SSSR count). The first-order chi connectivity index (χ1) is 15.1. The van der Waals surface area contributed by atoms with Crippen LogP contribution in [0.3, 0.4) is 0 Å². The van der Waals surface area contributed by atoms with E-state index >= 15 is 0 Å². The number of hydrogen-bond donors (Lipinski definition) is 2. The van der Waals surface area contributed by atoms with Crippen LogP contribution in [-0.4, -0.2) is 14.9 Å². The number of nitrogens with one attached hydrogen (secondary N) is 2. The van der Waals surface area contributed by atoms with Crippen molar-refractivity contribution < 1.29 is 4.92 Å². The average molecular weight is 411 g/mol. The molecule has 0 fully saturated rings. The van der Waals surface area contributed by atoms with Crippen LogP contribution in [0, 0.1) is 17.0 Å². The van der Waals surface area contributed by atoms with E-state index in [4.69, 9.17) is 0 Å². The molecule has 1 heterocycles. The van der Waals surface area contributed by atoms with Crippen molar-refractivity contribution in [2.24, 2.45) is 0 Å². The standard InChI is InChI=1S/C24H21N5O2/c1-17-12-14-20(15-13-17)27-23-22(29(30)31)24(26-16-25-23)28-21(18-8-4-2-5-9-18)19-10-6-3-7-11-19/h2-16,21H,1H3,(H2,25,26,27,28). The van der Waals surface area contributed by atoms with E-state index in [-0.39, 0.29) is 23.4 Å². The summed E-state index contributed by atoms with van der Waals surface area (Å²) in [5.74, 6) is 0.276. The highest BCUT2D eigenvalue weighted by atomic mass is 16.6. The third kappa shape index (κ3) is 4.67. The number of aryl methyl sites for hydroxylation is 1. The average Bonchev–Trinajstić information content (AvgIpc) is 2.80. The summed E-state index contributed by atoms with van der Waals surface area (Å²) in [6.45, 7) is 1.98. The second-order valence-electron chi connectivity index (χ2n) is 7.07. The van der Waals surface area contributed by atoms with E-state index in [1.807, 2.05) is 91.9 Å². The number of nitro groups is 1. The van der Waals surface area contributed by atoms with Gasteiger partial charge in [0.15, 0.2) is 0 Å². The summed E-state index contributed by atoms with van der Waals surface area (Å²) >= 11 is 0. The summed E-state index contributed by atoms with van der Waals surface area (Å²) in [6.07, 6.45) is 1.32. The Hall–Kier alpha value is -4.26. The number of hydrogen-bond acceptors (Lipinski definition) is 6. The van der Waals surface area contributed by atoms with E-state index in [0.717, 1.165) is 16.7 Å². The molecule has 1 aromatic heterocycles. The normalized spacial score (nSPS) is 10.6. The zero-order valence-electron chi connectivity index (χ0n) is 16.9. The largest absolute Gasteiger partial charge is 0.353 e. The van der Waals surface area contributed by atoms with Crippen LogP contribution in [0.15, 0.2) is 91.3 Å². The van der Waals surface area contributed by atoms with E-state index < -0.39 is 4.92 Å². The van der Waals surface area contributed by atoms with Gasteiger partial charge in [-0.2, -0.15) is 0 Å². The molecule has 3 aromatic carbocycles. The Kier molecular flexibility index (Phi) is 5.84. The summed E-state index contributed by atoms with van der Waals surface area (Å²) in [6, 6.07) is 26.8. The molecule has 0 radical (unpaired) electrons. The second kappa shape index (κ2) is 9.04. The Balaban J connectivity index is 1.74. The molecule has 7 heteroatoms. The van der Waals surface area contributed by atoms with Crippen LogP contribution < -0.4 is 10.6 Å². The predicted molar refractivity (Wildman–Crippen MR) is 121 cm³/mol. The van der Waals surface area contributed by atoms with Gasteiger partial charge in [-0.25, -0.2) is 9.97 Å². The molecule has 0 saturated carbocycles. The fraction of sp³-hybridized carbons (Fsp3) is 0.0833. The molecule has 2 N–H and O–H groups in total. The van der Waals surface area contributed by atoms with Crippen LogP contribution in [0.25, 0.3) is 0 Å². The van der Waals surface area contributed by atoms with Crippen LogP contribution in [0.2, 0.25) is 0 Å². The van der Waals surface area contributed by atoms with Crippen molar-refractivity contribution in [3.05, 3.63) is 118 Å². The molecule has 154 valence electrons. The molecule has 0 atom stereocenters. The Labute approximate surface area is 180 Å². The minimum Gasteiger partial charge on any atom is -0.353 e. The first kappa shape index (κ1) is 20.0. The van der Waals surface area contributed by atoms with Crippen molar-refractivity contribution in [2.45, 2.75) is 13.0 Å². The van der Waals surface area contributed by atoms with Crippen LogP contribution in [-0.2, 0) is 0 Å². The molecular formula is C24H21N5O2. The molecule has 0 unspecified atom stereocenters. The summed E-state index contributed by atoms with van der Waals surface area (Å²) in [4.78, 5) is 19.9. The number of nitrogens with zero attached hydrogens (tertiary/aromatic N) is 3. The maximum absolute atomic E-state index is 12.0. The van der Waals surface area contributed by atoms with Crippen LogP contribution >= 0.6 is 0 Å². The van der Waals surface area contributed by atoms with Gasteiger partial charge in [0, 0.05) is 5.69 Å². The van der Waals surface area contributed by atoms with Crippen molar-refractivity contribution >= 4 is 23.0 Å². The lowest BCUT2D eigenvalue weighted by Gasteiger charge is -2.20. The zero-order chi connectivity index (χ0) is 21.6. The SMILES string of the molecule is Cc1ccc(Nc2ncnc(NC(c3ccccc3)c3ccccc3)c2[N+](=O)[O-])cc1. The smallest absolute Gasteiger partial charge is 0.353 e. The molecule has 0 aliphatic carbocycles. The van der Waals surface area contributed by atoms with E-state index in [1.165, 1.54) is 6.33 Å². The minimum absolute atomic E-state index is 0.131. The van der Waals surface area contributed by atoms with Gasteiger partial charge in [0.25, 0.3) is 0 Å². The number of rotatable bonds is 7. The van der Waals surface area contributed by atoms with E-state index in [1.54, 1.807) is 0 Å². The number of anilines is 3. The number of aromatic nitrogens is 2. The van der Waals surface area contributed by atoms with Crippen LogP contribution in [0.5, 0.6) is 0 Å². The molecule has 0 spiro atoms. The van der Waals surface area contributed by atoms with Crippen LogP contribution in [0.1, 0.15) is 22.7 Å². The van der Waals surface area contributed by atoms with Crippen molar-refractivity contribution in [3.8, 4) is 0 Å². The van der Waals surface area contributed by atoms with Crippen molar-refractivity contribution in [3.63, 3.8) is 0 Å². The third-order valence-electron chi connectivity index (χ3n) is 4.87. The quantitative estimate of drug-likeness (QED) is 0.302. The second-order valence-corrected chi connectivity index (χ2v) is 7.07. The molecule has 0 aliphatic heterocycles. The van der Waals surface area contributed by atoms with Gasteiger partial charge < -0.3 is 10.6 Å². The zero-order valence-corrected chi connectivity index (χ0v) is 16.9. The molecule has 0 saturated heterocycles. The van der Waals surface area contributed by atoms with E-state index in [2.05, 4.69) is 20.6 Å². The number of benzene rings is 3. The van der Waals surface area contributed by atoms with Gasteiger partial charge >= 0.3 is 5.69 Å². The van der Waals surface area contributed by atoms with Gasteiger partial charge in [0.1, 0.15) is 6.33 Å². The molecule has 4 aromatic rings. The fourth-order valence-electron chi connectivity index (χ4n) is 3.31. The molecule has 0 amide bonds.